The first-order valence-electron chi connectivity index (χ1n) is 15.0. The molecule has 0 spiro atoms. The van der Waals surface area contributed by atoms with E-state index >= 15 is 0 Å². The molecular weight excluding hydrogens is 706 g/mol. The Balaban J connectivity index is 1.58. The average molecular weight is 736 g/mol. The number of alkyl carbamates (subject to hydrolysis) is 1. The first-order chi connectivity index (χ1) is 23.1. The predicted octanol–water partition coefficient (Wildman–Crippen LogP) is 7.44. The Morgan fingerprint density at radius 3 is 2.26 bits per heavy atom. The fraction of sp³-hybridized carbons (Fsp3) is 0.452. The van der Waals surface area contributed by atoms with Crippen LogP contribution in [0.4, 0.5) is 39.9 Å². The molecule has 2 amide bonds. The first kappa shape index (κ1) is 36.8. The van der Waals surface area contributed by atoms with E-state index in [4.69, 9.17) is 21.7 Å². The van der Waals surface area contributed by atoms with E-state index in [0.29, 0.717) is 0 Å². The minimum absolute atomic E-state index is 0.0174. The summed E-state index contributed by atoms with van der Waals surface area (Å²) in [6.07, 6.45) is -14.0. The minimum Gasteiger partial charge on any atom is -0.447 e. The number of rotatable bonds is 9. The smallest absolute Gasteiger partial charge is 0.416 e. The number of ether oxygens (including phenoxy) is 1. The van der Waals surface area contributed by atoms with Crippen molar-refractivity contribution in [1.82, 2.24) is 30.3 Å². The number of alkyl halides is 8. The lowest BCUT2D eigenvalue weighted by molar-refractivity contribution is -0.164. The van der Waals surface area contributed by atoms with E-state index in [0.717, 1.165) is 40.2 Å². The van der Waals surface area contributed by atoms with Crippen molar-refractivity contribution in [3.8, 4) is 5.69 Å². The van der Waals surface area contributed by atoms with Crippen LogP contribution in [0.1, 0.15) is 75.0 Å². The number of benzene rings is 2. The number of aromatic nitrogens is 3. The second-order valence-corrected chi connectivity index (χ2v) is 13.6. The van der Waals surface area contributed by atoms with Gasteiger partial charge in [0.15, 0.2) is 11.8 Å². The summed E-state index contributed by atoms with van der Waals surface area (Å²) in [6, 6.07) is 6.02. The third kappa shape index (κ3) is 7.07. The number of nitrogens with one attached hydrogen (secondary N) is 3. The molecular formula is C31H30ClF8N7O3. The Bertz CT molecular complexity index is 1790. The number of hydrogen-bond acceptors (Lipinski definition) is 6. The topological polar surface area (TPSA) is 125 Å². The van der Waals surface area contributed by atoms with Crippen molar-refractivity contribution in [2.45, 2.75) is 75.9 Å². The van der Waals surface area contributed by atoms with E-state index in [9.17, 15) is 44.7 Å². The Morgan fingerprint density at radius 1 is 1.08 bits per heavy atom. The zero-order valence-electron chi connectivity index (χ0n) is 26.5. The van der Waals surface area contributed by atoms with Crippen LogP contribution in [0, 0.1) is 10.8 Å². The molecule has 0 unspecified atom stereocenters. The Labute approximate surface area is 284 Å². The molecule has 270 valence electrons. The van der Waals surface area contributed by atoms with Crippen LogP contribution < -0.4 is 10.6 Å². The van der Waals surface area contributed by atoms with Crippen molar-refractivity contribution in [2.75, 3.05) is 6.61 Å². The number of amides is 2. The number of carbonyl (C=O) groups is 2. The van der Waals surface area contributed by atoms with Gasteiger partial charge in [0.25, 0.3) is 12.3 Å². The first-order valence-corrected chi connectivity index (χ1v) is 15.3. The van der Waals surface area contributed by atoms with Gasteiger partial charge in [-0.15, -0.1) is 0 Å². The number of carbonyl (C=O) groups excluding carboxylic acids is 2. The van der Waals surface area contributed by atoms with E-state index in [1.807, 2.05) is 0 Å². The second-order valence-electron chi connectivity index (χ2n) is 13.2. The van der Waals surface area contributed by atoms with Crippen molar-refractivity contribution in [2.24, 2.45) is 5.41 Å². The molecule has 2 aliphatic rings. The summed E-state index contributed by atoms with van der Waals surface area (Å²) >= 11 is 6.33. The van der Waals surface area contributed by atoms with Gasteiger partial charge in [0.05, 0.1) is 22.3 Å². The second kappa shape index (κ2) is 12.7. The minimum atomic E-state index is -4.78. The molecule has 0 radical (unpaired) electrons. The van der Waals surface area contributed by atoms with Crippen LogP contribution in [-0.4, -0.2) is 55.9 Å². The fourth-order valence-electron chi connectivity index (χ4n) is 5.87. The number of guanidine groups is 1. The van der Waals surface area contributed by atoms with E-state index in [2.05, 4.69) is 15.4 Å². The van der Waals surface area contributed by atoms with Crippen LogP contribution in [-0.2, 0) is 21.2 Å². The Morgan fingerprint density at radius 2 is 1.72 bits per heavy atom. The highest BCUT2D eigenvalue weighted by atomic mass is 35.5. The Hall–Kier alpha value is -4.48. The standard InChI is InChI=1S/C31H30ClF8N7O3/c1-27(2,3)14-29(17-5-7-18(8-6-17)30(35,36)37)24(48)46(25(41)44-29)21(13-50-26(49)45-28(10-11-28)31(38,39)40)16-4-9-19(32)20(12-16)47-23(22(33)34)42-15-43-47/h4-9,12,15,21-22H,10-11,13-14H2,1-3H3,(H2,41,44)(H,45,49)/t21-,29-/m1/s1. The van der Waals surface area contributed by atoms with Crippen molar-refractivity contribution in [3.05, 3.63) is 76.3 Å². The maximum Gasteiger partial charge on any atom is 0.416 e. The van der Waals surface area contributed by atoms with Crippen molar-refractivity contribution in [3.63, 3.8) is 0 Å². The van der Waals surface area contributed by atoms with Gasteiger partial charge in [-0.1, -0.05) is 50.6 Å². The molecule has 1 aliphatic carbocycles. The van der Waals surface area contributed by atoms with E-state index < -0.39 is 77.3 Å². The third-order valence-electron chi connectivity index (χ3n) is 8.33. The maximum absolute atomic E-state index is 14.6. The lowest BCUT2D eigenvalue weighted by Gasteiger charge is -2.35. The van der Waals surface area contributed by atoms with Crippen LogP contribution in [0.15, 0.2) is 48.8 Å². The summed E-state index contributed by atoms with van der Waals surface area (Å²) < 4.78 is 114. The summed E-state index contributed by atoms with van der Waals surface area (Å²) in [5.74, 6) is -2.26. The quantitative estimate of drug-likeness (QED) is 0.196. The molecule has 1 saturated heterocycles. The highest BCUT2D eigenvalue weighted by molar-refractivity contribution is 6.32. The van der Waals surface area contributed by atoms with Gasteiger partial charge < -0.3 is 15.4 Å². The van der Waals surface area contributed by atoms with Crippen molar-refractivity contribution < 1.29 is 49.4 Å². The molecule has 5 rings (SSSR count). The van der Waals surface area contributed by atoms with Gasteiger partial charge in [0.1, 0.15) is 24.0 Å². The van der Waals surface area contributed by atoms with Gasteiger partial charge in [-0.25, -0.2) is 23.2 Å². The largest absolute Gasteiger partial charge is 0.447 e. The third-order valence-corrected chi connectivity index (χ3v) is 8.65. The number of nitrogens with zero attached hydrogens (tertiary/aromatic N) is 4. The monoisotopic (exact) mass is 735 g/mol. The molecule has 3 N–H and O–H groups in total. The van der Waals surface area contributed by atoms with Crippen molar-refractivity contribution in [1.29, 1.82) is 5.41 Å². The van der Waals surface area contributed by atoms with Crippen LogP contribution in [0.2, 0.25) is 5.02 Å². The normalized spacial score (nSPS) is 19.8. The molecule has 10 nitrogen and oxygen atoms in total. The van der Waals surface area contributed by atoms with E-state index in [1.165, 1.54) is 18.2 Å². The zero-order valence-corrected chi connectivity index (χ0v) is 27.3. The lowest BCUT2D eigenvalue weighted by Crippen LogP contribution is -2.49. The molecule has 2 fully saturated rings. The van der Waals surface area contributed by atoms with Crippen LogP contribution in [0.25, 0.3) is 5.69 Å². The van der Waals surface area contributed by atoms with Gasteiger partial charge >= 0.3 is 18.4 Å². The maximum atomic E-state index is 14.6. The molecule has 2 atom stereocenters. The summed E-state index contributed by atoms with van der Waals surface area (Å²) in [4.78, 5) is 31.7. The summed E-state index contributed by atoms with van der Waals surface area (Å²) in [6.45, 7) is 4.41. The summed E-state index contributed by atoms with van der Waals surface area (Å²) in [5.41, 5.74) is -6.07. The summed E-state index contributed by atoms with van der Waals surface area (Å²) in [5, 5.41) is 17.2. The van der Waals surface area contributed by atoms with Gasteiger partial charge in [-0.05, 0) is 60.1 Å². The average Bonchev–Trinajstić information content (AvgIpc) is 3.55. The van der Waals surface area contributed by atoms with Gasteiger partial charge in [0, 0.05) is 0 Å². The van der Waals surface area contributed by atoms with Crippen LogP contribution in [0.3, 0.4) is 0 Å². The van der Waals surface area contributed by atoms with Gasteiger partial charge in [-0.3, -0.25) is 15.1 Å². The summed E-state index contributed by atoms with van der Waals surface area (Å²) in [7, 11) is 0. The number of halogens is 9. The highest BCUT2D eigenvalue weighted by Gasteiger charge is 2.64. The highest BCUT2D eigenvalue weighted by Crippen LogP contribution is 2.49. The Kier molecular flexibility index (Phi) is 9.34. The SMILES string of the molecule is CC(C)(C)C[C@]1(c2ccc(C(F)(F)F)cc2)NC(=N)N([C@H](COC(=O)NC2(C(F)(F)F)CC2)c2ccc(Cl)c(-n3ncnc3C(F)F)c2)C1=O. The zero-order chi connectivity index (χ0) is 37.0. The van der Waals surface area contributed by atoms with Gasteiger partial charge in [-0.2, -0.15) is 31.4 Å². The fourth-order valence-corrected chi connectivity index (χ4v) is 6.07. The molecule has 1 saturated carbocycles. The molecule has 1 aromatic heterocycles. The molecule has 0 bridgehead atoms. The molecule has 50 heavy (non-hydrogen) atoms. The van der Waals surface area contributed by atoms with E-state index in [-0.39, 0.29) is 41.1 Å². The molecule has 2 heterocycles. The van der Waals surface area contributed by atoms with Gasteiger partial charge in [0.2, 0.25) is 0 Å². The van der Waals surface area contributed by atoms with E-state index in [1.54, 1.807) is 26.1 Å². The predicted molar refractivity (Wildman–Crippen MR) is 161 cm³/mol. The molecule has 2 aromatic carbocycles. The lowest BCUT2D eigenvalue weighted by atomic mass is 9.75. The molecule has 3 aromatic rings. The van der Waals surface area contributed by atoms with Crippen LogP contribution in [0.5, 0.6) is 0 Å². The van der Waals surface area contributed by atoms with Crippen molar-refractivity contribution >= 4 is 29.6 Å². The van der Waals surface area contributed by atoms with Crippen LogP contribution >= 0.6 is 11.6 Å². The molecule has 19 heteroatoms. The molecule has 1 aliphatic heterocycles. The number of hydrogen-bond donors (Lipinski definition) is 3.